The highest BCUT2D eigenvalue weighted by Crippen LogP contribution is 2.27. The molecule has 1 fully saturated rings. The van der Waals surface area contributed by atoms with Gasteiger partial charge in [-0.2, -0.15) is 5.10 Å². The summed E-state index contributed by atoms with van der Waals surface area (Å²) in [6.45, 7) is 4.25. The minimum absolute atomic E-state index is 0.102. The lowest BCUT2D eigenvalue weighted by atomic mass is 10.2. The number of piperazine rings is 1. The van der Waals surface area contributed by atoms with Crippen LogP contribution in [-0.2, 0) is 13.6 Å². The lowest BCUT2D eigenvalue weighted by Gasteiger charge is -2.35. The van der Waals surface area contributed by atoms with Crippen LogP contribution in [0.1, 0.15) is 5.56 Å². The number of thiophene rings is 1. The van der Waals surface area contributed by atoms with Gasteiger partial charge < -0.3 is 9.80 Å². The van der Waals surface area contributed by atoms with Crippen molar-refractivity contribution in [2.75, 3.05) is 40.3 Å². The van der Waals surface area contributed by atoms with Crippen LogP contribution in [0.2, 0.25) is 0 Å². The summed E-state index contributed by atoms with van der Waals surface area (Å²) in [5.74, 6) is 0. The Morgan fingerprint density at radius 3 is 2.65 bits per heavy atom. The molecule has 2 aromatic rings. The molecule has 0 saturated carbocycles. The van der Waals surface area contributed by atoms with Crippen molar-refractivity contribution >= 4 is 17.4 Å². The van der Waals surface area contributed by atoms with Crippen LogP contribution in [0.4, 0.5) is 4.79 Å². The number of aryl methyl sites for hydroxylation is 1. The summed E-state index contributed by atoms with van der Waals surface area (Å²) in [7, 11) is 5.57. The van der Waals surface area contributed by atoms with Crippen LogP contribution in [0.5, 0.6) is 0 Å². The maximum absolute atomic E-state index is 12.0. The molecule has 23 heavy (non-hydrogen) atoms. The number of carbonyl (C=O) groups is 1. The van der Waals surface area contributed by atoms with Gasteiger partial charge in [0.2, 0.25) is 0 Å². The Labute approximate surface area is 140 Å². The van der Waals surface area contributed by atoms with E-state index in [1.165, 1.54) is 10.4 Å². The molecule has 2 aromatic heterocycles. The van der Waals surface area contributed by atoms with Crippen LogP contribution < -0.4 is 0 Å². The molecule has 1 aliphatic rings. The molecule has 0 N–H and O–H groups in total. The zero-order chi connectivity index (χ0) is 16.4. The van der Waals surface area contributed by atoms with Crippen molar-refractivity contribution in [2.24, 2.45) is 7.05 Å². The van der Waals surface area contributed by atoms with Gasteiger partial charge in [-0.25, -0.2) is 4.79 Å². The predicted octanol–water partition coefficient (Wildman–Crippen LogP) is 1.95. The molecule has 1 saturated heterocycles. The van der Waals surface area contributed by atoms with E-state index in [4.69, 9.17) is 0 Å². The van der Waals surface area contributed by atoms with Crippen molar-refractivity contribution in [3.8, 4) is 10.6 Å². The first-order valence-corrected chi connectivity index (χ1v) is 8.67. The standard InChI is InChI=1S/C16H23N5OS/c1-18(2)16(22)21-8-6-20(7-9-21)12-13-11-19(3)17-15(13)14-5-4-10-23-14/h4-5,10-11H,6-9,12H2,1-3H3. The third-order valence-electron chi connectivity index (χ3n) is 4.08. The Morgan fingerprint density at radius 2 is 2.04 bits per heavy atom. The quantitative estimate of drug-likeness (QED) is 0.862. The molecule has 2 amide bonds. The molecular formula is C16H23N5OS. The average Bonchev–Trinajstić information content (AvgIpc) is 3.16. The summed E-state index contributed by atoms with van der Waals surface area (Å²) < 4.78 is 1.89. The van der Waals surface area contributed by atoms with Crippen molar-refractivity contribution in [3.63, 3.8) is 0 Å². The zero-order valence-electron chi connectivity index (χ0n) is 13.9. The van der Waals surface area contributed by atoms with Crippen LogP contribution in [0.15, 0.2) is 23.7 Å². The molecule has 0 aliphatic carbocycles. The van der Waals surface area contributed by atoms with Gasteiger partial charge in [0.25, 0.3) is 0 Å². The molecule has 3 rings (SSSR count). The minimum Gasteiger partial charge on any atom is -0.331 e. The van der Waals surface area contributed by atoms with Gasteiger partial charge in [0.15, 0.2) is 0 Å². The van der Waals surface area contributed by atoms with E-state index in [2.05, 4.69) is 33.7 Å². The van der Waals surface area contributed by atoms with E-state index in [0.717, 1.165) is 38.4 Å². The second kappa shape index (κ2) is 6.72. The summed E-state index contributed by atoms with van der Waals surface area (Å²) in [4.78, 5) is 19.2. The van der Waals surface area contributed by atoms with E-state index in [1.54, 1.807) is 30.3 Å². The van der Waals surface area contributed by atoms with Gasteiger partial charge in [-0.15, -0.1) is 11.3 Å². The maximum Gasteiger partial charge on any atom is 0.319 e. The number of aromatic nitrogens is 2. The minimum atomic E-state index is 0.102. The first kappa shape index (κ1) is 16.0. The number of amides is 2. The van der Waals surface area contributed by atoms with Gasteiger partial charge >= 0.3 is 6.03 Å². The fraction of sp³-hybridized carbons (Fsp3) is 0.500. The average molecular weight is 333 g/mol. The third kappa shape index (κ3) is 3.56. The molecule has 3 heterocycles. The second-order valence-electron chi connectivity index (χ2n) is 6.09. The van der Waals surface area contributed by atoms with Crippen LogP contribution in [0.3, 0.4) is 0 Å². The van der Waals surface area contributed by atoms with Gasteiger partial charge in [0, 0.05) is 65.6 Å². The number of hydrogen-bond acceptors (Lipinski definition) is 4. The van der Waals surface area contributed by atoms with Gasteiger partial charge in [0.1, 0.15) is 5.69 Å². The highest BCUT2D eigenvalue weighted by Gasteiger charge is 2.23. The van der Waals surface area contributed by atoms with Gasteiger partial charge in [-0.05, 0) is 11.4 Å². The number of carbonyl (C=O) groups excluding carboxylic acids is 1. The van der Waals surface area contributed by atoms with Crippen molar-refractivity contribution in [1.82, 2.24) is 24.5 Å². The normalized spacial score (nSPS) is 15.9. The fourth-order valence-corrected chi connectivity index (χ4v) is 3.64. The molecular weight excluding hydrogens is 310 g/mol. The van der Waals surface area contributed by atoms with Gasteiger partial charge in [0.05, 0.1) is 4.88 Å². The van der Waals surface area contributed by atoms with Crippen LogP contribution >= 0.6 is 11.3 Å². The van der Waals surface area contributed by atoms with Crippen LogP contribution in [0.25, 0.3) is 10.6 Å². The SMILES string of the molecule is CN(C)C(=O)N1CCN(Cc2cn(C)nc2-c2cccs2)CC1. The Hall–Kier alpha value is -1.86. The van der Waals surface area contributed by atoms with Crippen LogP contribution in [0, 0.1) is 0 Å². The van der Waals surface area contributed by atoms with Crippen molar-refractivity contribution in [1.29, 1.82) is 0 Å². The predicted molar refractivity (Wildman–Crippen MR) is 92.5 cm³/mol. The van der Waals surface area contributed by atoms with E-state index >= 15 is 0 Å². The van der Waals surface area contributed by atoms with E-state index in [-0.39, 0.29) is 6.03 Å². The smallest absolute Gasteiger partial charge is 0.319 e. The fourth-order valence-electron chi connectivity index (χ4n) is 2.90. The number of nitrogens with zero attached hydrogens (tertiary/aromatic N) is 5. The van der Waals surface area contributed by atoms with Gasteiger partial charge in [-0.3, -0.25) is 9.58 Å². The molecule has 1 aliphatic heterocycles. The highest BCUT2D eigenvalue weighted by molar-refractivity contribution is 7.13. The van der Waals surface area contributed by atoms with E-state index in [0.29, 0.717) is 0 Å². The van der Waals surface area contributed by atoms with Gasteiger partial charge in [-0.1, -0.05) is 6.07 Å². The molecule has 7 heteroatoms. The Morgan fingerprint density at radius 1 is 1.30 bits per heavy atom. The zero-order valence-corrected chi connectivity index (χ0v) is 14.7. The summed E-state index contributed by atoms with van der Waals surface area (Å²) in [5.41, 5.74) is 2.33. The lowest BCUT2D eigenvalue weighted by molar-refractivity contribution is 0.120. The molecule has 124 valence electrons. The van der Waals surface area contributed by atoms with Crippen LogP contribution in [-0.4, -0.2) is 70.8 Å². The molecule has 0 aromatic carbocycles. The van der Waals surface area contributed by atoms with Crippen molar-refractivity contribution in [3.05, 3.63) is 29.3 Å². The first-order chi connectivity index (χ1) is 11.0. The lowest BCUT2D eigenvalue weighted by Crippen LogP contribution is -2.51. The molecule has 6 nitrogen and oxygen atoms in total. The molecule has 0 bridgehead atoms. The third-order valence-corrected chi connectivity index (χ3v) is 4.96. The highest BCUT2D eigenvalue weighted by atomic mass is 32.1. The second-order valence-corrected chi connectivity index (χ2v) is 7.04. The van der Waals surface area contributed by atoms with Crippen molar-refractivity contribution < 1.29 is 4.79 Å². The number of urea groups is 1. The topological polar surface area (TPSA) is 44.6 Å². The Bertz CT molecular complexity index is 656. The monoisotopic (exact) mass is 333 g/mol. The maximum atomic E-state index is 12.0. The molecule has 0 spiro atoms. The van der Waals surface area contributed by atoms with Crippen molar-refractivity contribution in [2.45, 2.75) is 6.54 Å². The summed E-state index contributed by atoms with van der Waals surface area (Å²) in [6.07, 6.45) is 2.10. The summed E-state index contributed by atoms with van der Waals surface area (Å²) in [6, 6.07) is 4.28. The Kier molecular flexibility index (Phi) is 4.68. The number of rotatable bonds is 3. The summed E-state index contributed by atoms with van der Waals surface area (Å²) in [5, 5.41) is 6.70. The van der Waals surface area contributed by atoms with E-state index < -0.39 is 0 Å². The Balaban J connectivity index is 1.65. The van der Waals surface area contributed by atoms with E-state index in [1.807, 2.05) is 16.6 Å². The molecule has 0 unspecified atom stereocenters. The molecule has 0 radical (unpaired) electrons. The summed E-state index contributed by atoms with van der Waals surface area (Å²) >= 11 is 1.72. The number of hydrogen-bond donors (Lipinski definition) is 0. The molecule has 0 atom stereocenters. The largest absolute Gasteiger partial charge is 0.331 e. The van der Waals surface area contributed by atoms with E-state index in [9.17, 15) is 4.79 Å². The first-order valence-electron chi connectivity index (χ1n) is 7.79.